The van der Waals surface area contributed by atoms with E-state index in [4.69, 9.17) is 14.6 Å². The molecule has 0 amide bonds. The van der Waals surface area contributed by atoms with Crippen molar-refractivity contribution in [2.24, 2.45) is 17.8 Å². The van der Waals surface area contributed by atoms with Gasteiger partial charge in [-0.25, -0.2) is 0 Å². The highest BCUT2D eigenvalue weighted by Gasteiger charge is 2.40. The molecule has 6 nitrogen and oxygen atoms in total. The number of carboxylic acids is 1. The standard InChI is InChI=1S/C20H26O6/c1-13-8-9-16(19(23)25-12-15-6-4-3-5-7-15)17(10-13)20(24)26-14(2)11-18(21)22/h3-7,13-14,16-17H,8-12H2,1-2H3,(H,21,22). The van der Waals surface area contributed by atoms with E-state index in [1.54, 1.807) is 6.92 Å². The second kappa shape index (κ2) is 9.36. The van der Waals surface area contributed by atoms with Gasteiger partial charge in [-0.2, -0.15) is 0 Å². The van der Waals surface area contributed by atoms with Gasteiger partial charge in [0, 0.05) is 0 Å². The third kappa shape index (κ3) is 5.86. The Morgan fingerprint density at radius 2 is 1.81 bits per heavy atom. The molecule has 26 heavy (non-hydrogen) atoms. The molecule has 0 aromatic heterocycles. The van der Waals surface area contributed by atoms with E-state index in [1.165, 1.54) is 0 Å². The molecule has 0 saturated heterocycles. The minimum Gasteiger partial charge on any atom is -0.481 e. The molecule has 0 heterocycles. The summed E-state index contributed by atoms with van der Waals surface area (Å²) in [6, 6.07) is 9.37. The number of hydrogen-bond donors (Lipinski definition) is 1. The average molecular weight is 362 g/mol. The minimum atomic E-state index is -1.03. The lowest BCUT2D eigenvalue weighted by Crippen LogP contribution is -2.38. The topological polar surface area (TPSA) is 89.9 Å². The van der Waals surface area contributed by atoms with Crippen molar-refractivity contribution in [1.29, 1.82) is 0 Å². The van der Waals surface area contributed by atoms with Crippen molar-refractivity contribution in [1.82, 2.24) is 0 Å². The molecule has 1 aromatic rings. The molecule has 1 aliphatic rings. The van der Waals surface area contributed by atoms with Crippen molar-refractivity contribution >= 4 is 17.9 Å². The molecule has 1 fully saturated rings. The molecular formula is C20H26O6. The highest BCUT2D eigenvalue weighted by atomic mass is 16.5. The summed E-state index contributed by atoms with van der Waals surface area (Å²) in [6.45, 7) is 3.75. The number of hydrogen-bond acceptors (Lipinski definition) is 5. The average Bonchev–Trinajstić information content (AvgIpc) is 2.59. The molecule has 1 N–H and O–H groups in total. The molecule has 2 rings (SSSR count). The van der Waals surface area contributed by atoms with Gasteiger partial charge in [0.25, 0.3) is 0 Å². The molecule has 6 heteroatoms. The molecule has 0 radical (unpaired) electrons. The van der Waals surface area contributed by atoms with Gasteiger partial charge in [-0.15, -0.1) is 0 Å². The van der Waals surface area contributed by atoms with Crippen LogP contribution in [0, 0.1) is 17.8 Å². The molecule has 4 atom stereocenters. The maximum Gasteiger partial charge on any atom is 0.310 e. The van der Waals surface area contributed by atoms with Gasteiger partial charge < -0.3 is 14.6 Å². The van der Waals surface area contributed by atoms with E-state index < -0.39 is 35.8 Å². The van der Waals surface area contributed by atoms with Crippen LogP contribution in [0.3, 0.4) is 0 Å². The lowest BCUT2D eigenvalue weighted by atomic mass is 9.74. The van der Waals surface area contributed by atoms with Gasteiger partial charge in [0.05, 0.1) is 18.3 Å². The summed E-state index contributed by atoms with van der Waals surface area (Å²) in [7, 11) is 0. The molecule has 1 saturated carbocycles. The molecule has 1 aliphatic carbocycles. The summed E-state index contributed by atoms with van der Waals surface area (Å²) in [5, 5.41) is 8.80. The summed E-state index contributed by atoms with van der Waals surface area (Å²) in [5.41, 5.74) is 0.888. The monoisotopic (exact) mass is 362 g/mol. The lowest BCUT2D eigenvalue weighted by molar-refractivity contribution is -0.168. The van der Waals surface area contributed by atoms with Crippen LogP contribution in [0.4, 0.5) is 0 Å². The van der Waals surface area contributed by atoms with Gasteiger partial charge in [-0.3, -0.25) is 14.4 Å². The predicted molar refractivity (Wildman–Crippen MR) is 94.0 cm³/mol. The van der Waals surface area contributed by atoms with Crippen molar-refractivity contribution < 1.29 is 29.0 Å². The SMILES string of the molecule is CC1CCC(C(=O)OCc2ccccc2)C(C(=O)OC(C)CC(=O)O)C1. The highest BCUT2D eigenvalue weighted by molar-refractivity contribution is 5.82. The molecule has 0 spiro atoms. The van der Waals surface area contributed by atoms with Crippen LogP contribution in [0.15, 0.2) is 30.3 Å². The van der Waals surface area contributed by atoms with E-state index in [9.17, 15) is 14.4 Å². The number of rotatable bonds is 7. The smallest absolute Gasteiger partial charge is 0.310 e. The van der Waals surface area contributed by atoms with Gasteiger partial charge in [0.2, 0.25) is 0 Å². The zero-order valence-corrected chi connectivity index (χ0v) is 15.2. The molecule has 142 valence electrons. The summed E-state index contributed by atoms with van der Waals surface area (Å²) < 4.78 is 10.7. The minimum absolute atomic E-state index is 0.170. The normalized spacial score (nSPS) is 23.7. The first-order chi connectivity index (χ1) is 12.4. The quantitative estimate of drug-likeness (QED) is 0.749. The molecular weight excluding hydrogens is 336 g/mol. The van der Waals surface area contributed by atoms with Crippen molar-refractivity contribution in [3.63, 3.8) is 0 Å². The van der Waals surface area contributed by atoms with Crippen LogP contribution in [-0.2, 0) is 30.5 Å². The summed E-state index contributed by atoms with van der Waals surface area (Å²) in [4.78, 5) is 35.8. The van der Waals surface area contributed by atoms with E-state index in [-0.39, 0.29) is 13.0 Å². The molecule has 4 unspecified atom stereocenters. The van der Waals surface area contributed by atoms with Crippen LogP contribution in [0.25, 0.3) is 0 Å². The maximum atomic E-state index is 12.5. The zero-order valence-electron chi connectivity index (χ0n) is 15.2. The lowest BCUT2D eigenvalue weighted by Gasteiger charge is -2.32. The van der Waals surface area contributed by atoms with Gasteiger partial charge in [-0.1, -0.05) is 37.3 Å². The second-order valence-electron chi connectivity index (χ2n) is 7.07. The first-order valence-corrected chi connectivity index (χ1v) is 8.99. The van der Waals surface area contributed by atoms with Gasteiger partial charge in [-0.05, 0) is 37.7 Å². The van der Waals surface area contributed by atoms with Crippen LogP contribution >= 0.6 is 0 Å². The largest absolute Gasteiger partial charge is 0.481 e. The van der Waals surface area contributed by atoms with Crippen molar-refractivity contribution in [3.8, 4) is 0 Å². The fraction of sp³-hybridized carbons (Fsp3) is 0.550. The first kappa shape index (κ1) is 19.9. The van der Waals surface area contributed by atoms with Crippen LogP contribution in [0.5, 0.6) is 0 Å². The highest BCUT2D eigenvalue weighted by Crippen LogP contribution is 2.36. The second-order valence-corrected chi connectivity index (χ2v) is 7.07. The number of carbonyl (C=O) groups is 3. The number of benzene rings is 1. The fourth-order valence-electron chi connectivity index (χ4n) is 3.33. The van der Waals surface area contributed by atoms with E-state index in [0.29, 0.717) is 18.8 Å². The summed E-state index contributed by atoms with van der Waals surface area (Å²) in [6.07, 6.45) is 0.987. The third-order valence-corrected chi connectivity index (χ3v) is 4.72. The van der Waals surface area contributed by atoms with E-state index in [0.717, 1.165) is 12.0 Å². The molecule has 0 bridgehead atoms. The van der Waals surface area contributed by atoms with Crippen molar-refractivity contribution in [3.05, 3.63) is 35.9 Å². The van der Waals surface area contributed by atoms with Crippen LogP contribution in [-0.4, -0.2) is 29.1 Å². The van der Waals surface area contributed by atoms with Crippen molar-refractivity contribution in [2.75, 3.05) is 0 Å². The Morgan fingerprint density at radius 1 is 1.12 bits per heavy atom. The number of carbonyl (C=O) groups excluding carboxylic acids is 2. The van der Waals surface area contributed by atoms with Crippen molar-refractivity contribution in [2.45, 2.75) is 52.2 Å². The maximum absolute atomic E-state index is 12.5. The fourth-order valence-corrected chi connectivity index (χ4v) is 3.33. The number of esters is 2. The Labute approximate surface area is 153 Å². The zero-order chi connectivity index (χ0) is 19.1. The Hall–Kier alpha value is -2.37. The van der Waals surface area contributed by atoms with Crippen LogP contribution < -0.4 is 0 Å². The number of aliphatic carboxylic acids is 1. The number of carboxylic acid groups (broad SMARTS) is 1. The van der Waals surface area contributed by atoms with Gasteiger partial charge in [0.1, 0.15) is 12.7 Å². The van der Waals surface area contributed by atoms with E-state index >= 15 is 0 Å². The Balaban J connectivity index is 1.98. The van der Waals surface area contributed by atoms with Gasteiger partial charge >= 0.3 is 17.9 Å². The Morgan fingerprint density at radius 3 is 2.46 bits per heavy atom. The third-order valence-electron chi connectivity index (χ3n) is 4.72. The predicted octanol–water partition coefficient (Wildman–Crippen LogP) is 3.19. The van der Waals surface area contributed by atoms with E-state index in [1.807, 2.05) is 37.3 Å². The molecule has 0 aliphatic heterocycles. The van der Waals surface area contributed by atoms with Crippen LogP contribution in [0.2, 0.25) is 0 Å². The number of ether oxygens (including phenoxy) is 2. The molecule has 1 aromatic carbocycles. The van der Waals surface area contributed by atoms with E-state index in [2.05, 4.69) is 0 Å². The Bertz CT molecular complexity index is 626. The summed E-state index contributed by atoms with van der Waals surface area (Å²) >= 11 is 0. The first-order valence-electron chi connectivity index (χ1n) is 8.99. The van der Waals surface area contributed by atoms with Crippen LogP contribution in [0.1, 0.15) is 45.1 Å². The summed E-state index contributed by atoms with van der Waals surface area (Å²) in [5.74, 6) is -2.75. The Kier molecular flexibility index (Phi) is 7.18. The van der Waals surface area contributed by atoms with Gasteiger partial charge in [0.15, 0.2) is 0 Å².